The van der Waals surface area contributed by atoms with Gasteiger partial charge in [0.15, 0.2) is 0 Å². The van der Waals surface area contributed by atoms with Crippen LogP contribution in [0.2, 0.25) is 0 Å². The second kappa shape index (κ2) is 4.16. The van der Waals surface area contributed by atoms with Crippen molar-refractivity contribution in [2.24, 2.45) is 5.92 Å². The SMILES string of the molecule is C/C(=C/OC=O)C1CCCC1. The quantitative estimate of drug-likeness (QED) is 0.460. The summed E-state index contributed by atoms with van der Waals surface area (Å²) in [5.74, 6) is 0.662. The van der Waals surface area contributed by atoms with Crippen LogP contribution in [-0.4, -0.2) is 6.47 Å². The first kappa shape index (κ1) is 8.31. The summed E-state index contributed by atoms with van der Waals surface area (Å²) in [4.78, 5) is 9.86. The molecule has 0 amide bonds. The fraction of sp³-hybridized carbons (Fsp3) is 0.667. The molecule has 0 heterocycles. The van der Waals surface area contributed by atoms with Gasteiger partial charge in [-0.2, -0.15) is 0 Å². The van der Waals surface area contributed by atoms with Gasteiger partial charge in [-0.05, 0) is 31.3 Å². The van der Waals surface area contributed by atoms with E-state index in [9.17, 15) is 4.79 Å². The molecule has 62 valence electrons. The van der Waals surface area contributed by atoms with Crippen molar-refractivity contribution in [3.63, 3.8) is 0 Å². The molecule has 2 nitrogen and oxygen atoms in total. The largest absolute Gasteiger partial charge is 0.437 e. The molecule has 0 saturated heterocycles. The number of carbonyl (C=O) groups is 1. The van der Waals surface area contributed by atoms with Gasteiger partial charge in [-0.25, -0.2) is 0 Å². The van der Waals surface area contributed by atoms with E-state index in [0.29, 0.717) is 12.4 Å². The van der Waals surface area contributed by atoms with Gasteiger partial charge in [0.25, 0.3) is 6.47 Å². The number of allylic oxidation sites excluding steroid dienone is 1. The lowest BCUT2D eigenvalue weighted by atomic mass is 10.0. The molecule has 0 aromatic heterocycles. The van der Waals surface area contributed by atoms with Crippen molar-refractivity contribution in [3.05, 3.63) is 11.8 Å². The van der Waals surface area contributed by atoms with Crippen LogP contribution >= 0.6 is 0 Å². The molecule has 1 aliphatic rings. The maximum Gasteiger partial charge on any atom is 0.297 e. The van der Waals surface area contributed by atoms with Gasteiger partial charge >= 0.3 is 0 Å². The summed E-state index contributed by atoms with van der Waals surface area (Å²) in [5, 5.41) is 0. The molecule has 0 N–H and O–H groups in total. The van der Waals surface area contributed by atoms with Gasteiger partial charge in [0.2, 0.25) is 0 Å². The topological polar surface area (TPSA) is 26.3 Å². The summed E-state index contributed by atoms with van der Waals surface area (Å²) < 4.78 is 4.57. The number of carbonyl (C=O) groups excluding carboxylic acids is 1. The molecule has 0 atom stereocenters. The minimum Gasteiger partial charge on any atom is -0.437 e. The third-order valence-electron chi connectivity index (χ3n) is 2.31. The van der Waals surface area contributed by atoms with Crippen LogP contribution in [0.25, 0.3) is 0 Å². The minimum absolute atomic E-state index is 0.471. The molecule has 1 saturated carbocycles. The molecular formula is C9H14O2. The Morgan fingerprint density at radius 2 is 2.09 bits per heavy atom. The van der Waals surface area contributed by atoms with Crippen LogP contribution in [0.15, 0.2) is 11.8 Å². The van der Waals surface area contributed by atoms with Crippen molar-refractivity contribution in [1.82, 2.24) is 0 Å². The predicted molar refractivity (Wildman–Crippen MR) is 42.9 cm³/mol. The average molecular weight is 154 g/mol. The van der Waals surface area contributed by atoms with Crippen molar-refractivity contribution in [3.8, 4) is 0 Å². The maximum absolute atomic E-state index is 9.86. The zero-order chi connectivity index (χ0) is 8.10. The van der Waals surface area contributed by atoms with Gasteiger partial charge in [-0.3, -0.25) is 4.79 Å². The van der Waals surface area contributed by atoms with Crippen LogP contribution in [0.3, 0.4) is 0 Å². The molecule has 0 aromatic rings. The summed E-state index contributed by atoms with van der Waals surface area (Å²) in [7, 11) is 0. The number of hydrogen-bond acceptors (Lipinski definition) is 2. The highest BCUT2D eigenvalue weighted by Crippen LogP contribution is 2.30. The van der Waals surface area contributed by atoms with Crippen LogP contribution in [0.4, 0.5) is 0 Å². The van der Waals surface area contributed by atoms with Crippen LogP contribution in [0.5, 0.6) is 0 Å². The highest BCUT2D eigenvalue weighted by Gasteiger charge is 2.16. The maximum atomic E-state index is 9.86. The number of ether oxygens (including phenoxy) is 1. The van der Waals surface area contributed by atoms with Crippen LogP contribution in [-0.2, 0) is 9.53 Å². The van der Waals surface area contributed by atoms with Crippen molar-refractivity contribution >= 4 is 6.47 Å². The van der Waals surface area contributed by atoms with Crippen LogP contribution in [0, 0.1) is 5.92 Å². The van der Waals surface area contributed by atoms with E-state index >= 15 is 0 Å². The monoisotopic (exact) mass is 154 g/mol. The molecule has 1 aliphatic carbocycles. The Hall–Kier alpha value is -0.790. The van der Waals surface area contributed by atoms with E-state index in [4.69, 9.17) is 0 Å². The van der Waals surface area contributed by atoms with E-state index in [1.165, 1.54) is 31.3 Å². The minimum atomic E-state index is 0.471. The van der Waals surface area contributed by atoms with Crippen molar-refractivity contribution in [2.45, 2.75) is 32.6 Å². The highest BCUT2D eigenvalue weighted by molar-refractivity contribution is 5.38. The summed E-state index contributed by atoms with van der Waals surface area (Å²) in [6.45, 7) is 2.50. The third-order valence-corrected chi connectivity index (χ3v) is 2.31. The molecule has 0 aromatic carbocycles. The lowest BCUT2D eigenvalue weighted by Gasteiger charge is -2.07. The van der Waals surface area contributed by atoms with Crippen LogP contribution in [0.1, 0.15) is 32.6 Å². The van der Waals surface area contributed by atoms with Crippen molar-refractivity contribution in [2.75, 3.05) is 0 Å². The second-order valence-electron chi connectivity index (χ2n) is 3.08. The van der Waals surface area contributed by atoms with E-state index in [1.54, 1.807) is 6.26 Å². The Labute approximate surface area is 67.2 Å². The number of rotatable bonds is 3. The molecule has 11 heavy (non-hydrogen) atoms. The van der Waals surface area contributed by atoms with Crippen LogP contribution < -0.4 is 0 Å². The van der Waals surface area contributed by atoms with Gasteiger partial charge in [0, 0.05) is 0 Å². The number of hydrogen-bond donors (Lipinski definition) is 0. The molecule has 0 aliphatic heterocycles. The Morgan fingerprint density at radius 1 is 1.45 bits per heavy atom. The van der Waals surface area contributed by atoms with E-state index in [1.807, 2.05) is 6.92 Å². The lowest BCUT2D eigenvalue weighted by Crippen LogP contribution is -1.95. The first-order chi connectivity index (χ1) is 5.34. The summed E-state index contributed by atoms with van der Waals surface area (Å²) >= 11 is 0. The van der Waals surface area contributed by atoms with Crippen molar-refractivity contribution in [1.29, 1.82) is 0 Å². The predicted octanol–water partition coefficient (Wildman–Crippen LogP) is 2.25. The lowest BCUT2D eigenvalue weighted by molar-refractivity contribution is -0.123. The summed E-state index contributed by atoms with van der Waals surface area (Å²) in [6.07, 6.45) is 6.71. The van der Waals surface area contributed by atoms with E-state index in [0.717, 1.165) is 0 Å². The Balaban J connectivity index is 2.38. The zero-order valence-corrected chi connectivity index (χ0v) is 6.88. The van der Waals surface area contributed by atoms with E-state index in [-0.39, 0.29) is 0 Å². The highest BCUT2D eigenvalue weighted by atomic mass is 16.5. The molecule has 0 unspecified atom stereocenters. The molecule has 1 fully saturated rings. The molecule has 0 radical (unpaired) electrons. The van der Waals surface area contributed by atoms with E-state index in [2.05, 4.69) is 4.74 Å². The standard InChI is InChI=1S/C9H14O2/c1-8(6-11-7-10)9-4-2-3-5-9/h6-7,9H,2-5H2,1H3/b8-6-. The first-order valence-electron chi connectivity index (χ1n) is 4.10. The Morgan fingerprint density at radius 3 is 2.64 bits per heavy atom. The molecular weight excluding hydrogens is 140 g/mol. The van der Waals surface area contributed by atoms with Gasteiger partial charge in [0.1, 0.15) is 0 Å². The smallest absolute Gasteiger partial charge is 0.297 e. The zero-order valence-electron chi connectivity index (χ0n) is 6.88. The Bertz CT molecular complexity index is 155. The molecule has 1 rings (SSSR count). The summed E-state index contributed by atoms with van der Waals surface area (Å²) in [6, 6.07) is 0. The third kappa shape index (κ3) is 2.37. The van der Waals surface area contributed by atoms with Gasteiger partial charge in [0.05, 0.1) is 6.26 Å². The molecule has 2 heteroatoms. The Kier molecular flexibility index (Phi) is 3.14. The molecule has 0 spiro atoms. The average Bonchev–Trinajstić information content (AvgIpc) is 2.52. The summed E-state index contributed by atoms with van der Waals surface area (Å²) in [5.41, 5.74) is 1.20. The van der Waals surface area contributed by atoms with Gasteiger partial charge in [-0.1, -0.05) is 12.8 Å². The van der Waals surface area contributed by atoms with Gasteiger partial charge < -0.3 is 4.74 Å². The second-order valence-corrected chi connectivity index (χ2v) is 3.08. The fourth-order valence-corrected chi connectivity index (χ4v) is 1.61. The van der Waals surface area contributed by atoms with Gasteiger partial charge in [-0.15, -0.1) is 0 Å². The normalized spacial score (nSPS) is 20.3. The fourth-order valence-electron chi connectivity index (χ4n) is 1.61. The first-order valence-corrected chi connectivity index (χ1v) is 4.10. The molecule has 0 bridgehead atoms. The van der Waals surface area contributed by atoms with Crippen molar-refractivity contribution < 1.29 is 9.53 Å². The van der Waals surface area contributed by atoms with E-state index < -0.39 is 0 Å².